The number of thiophene rings is 1. The summed E-state index contributed by atoms with van der Waals surface area (Å²) in [6, 6.07) is 11.2. The summed E-state index contributed by atoms with van der Waals surface area (Å²) >= 11 is 14.5. The fraction of sp³-hybridized carbons (Fsp3) is 0.375. The molecule has 1 atom stereocenters. The molecule has 1 N–H and O–H groups in total. The van der Waals surface area contributed by atoms with Gasteiger partial charge in [-0.25, -0.2) is 0 Å². The molecule has 170 valence electrons. The molecule has 5 nitrogen and oxygen atoms in total. The minimum atomic E-state index is -0.252. The lowest BCUT2D eigenvalue weighted by Gasteiger charge is -2.39. The molecule has 1 fully saturated rings. The SMILES string of the molecule is CCc1cc(C(c2ccc(Cl)cc2Cl)N2CCN(CC)CC2)c(NC(=O)c2ccco2)s1. The van der Waals surface area contributed by atoms with Crippen LogP contribution in [0.5, 0.6) is 0 Å². The average molecular weight is 492 g/mol. The first-order valence-electron chi connectivity index (χ1n) is 10.9. The highest BCUT2D eigenvalue weighted by molar-refractivity contribution is 7.16. The molecule has 0 saturated carbocycles. The van der Waals surface area contributed by atoms with Crippen LogP contribution in [0.1, 0.15) is 46.4 Å². The molecule has 0 radical (unpaired) electrons. The van der Waals surface area contributed by atoms with E-state index < -0.39 is 0 Å². The maximum Gasteiger partial charge on any atom is 0.291 e. The summed E-state index contributed by atoms with van der Waals surface area (Å²) in [5.74, 6) is 0.0394. The molecular weight excluding hydrogens is 465 g/mol. The minimum absolute atomic E-state index is 0.0813. The summed E-state index contributed by atoms with van der Waals surface area (Å²) in [6.45, 7) is 9.19. The van der Waals surface area contributed by atoms with Crippen LogP contribution in [0.4, 0.5) is 5.00 Å². The van der Waals surface area contributed by atoms with Crippen LogP contribution in [-0.4, -0.2) is 48.4 Å². The van der Waals surface area contributed by atoms with Crippen molar-refractivity contribution in [2.45, 2.75) is 26.3 Å². The number of carbonyl (C=O) groups is 1. The van der Waals surface area contributed by atoms with E-state index in [9.17, 15) is 4.79 Å². The zero-order chi connectivity index (χ0) is 22.7. The first-order valence-corrected chi connectivity index (χ1v) is 12.5. The Bertz CT molecular complexity index is 1060. The second-order valence-corrected chi connectivity index (χ2v) is 9.80. The third-order valence-corrected chi connectivity index (χ3v) is 7.68. The van der Waals surface area contributed by atoms with Crippen molar-refractivity contribution in [3.05, 3.63) is 74.5 Å². The number of aryl methyl sites for hydroxylation is 1. The molecule has 4 rings (SSSR count). The Morgan fingerprint density at radius 3 is 2.53 bits per heavy atom. The first kappa shape index (κ1) is 23.3. The molecule has 8 heteroatoms. The number of anilines is 1. The topological polar surface area (TPSA) is 48.7 Å². The summed E-state index contributed by atoms with van der Waals surface area (Å²) in [4.78, 5) is 18.9. The molecule has 1 aromatic carbocycles. The number of hydrogen-bond acceptors (Lipinski definition) is 5. The van der Waals surface area contributed by atoms with Crippen molar-refractivity contribution in [3.8, 4) is 0 Å². The van der Waals surface area contributed by atoms with Gasteiger partial charge in [0.25, 0.3) is 5.91 Å². The lowest BCUT2D eigenvalue weighted by molar-refractivity contribution is 0.0995. The van der Waals surface area contributed by atoms with Gasteiger partial charge in [0.2, 0.25) is 0 Å². The standard InChI is InChI=1S/C24H27Cl2N3O2S/c1-3-17-15-19(24(32-17)27-23(30)21-6-5-13-31-21)22(18-8-7-16(25)14-20(18)26)29-11-9-28(4-2)10-12-29/h5-8,13-15,22H,3-4,9-12H2,1-2H3,(H,27,30). The Balaban J connectivity index is 1.75. The number of nitrogens with zero attached hydrogens (tertiary/aromatic N) is 2. The van der Waals surface area contributed by atoms with Crippen molar-refractivity contribution >= 4 is 45.4 Å². The fourth-order valence-corrected chi connectivity index (χ4v) is 5.66. The molecule has 0 bridgehead atoms. The zero-order valence-corrected chi connectivity index (χ0v) is 20.6. The van der Waals surface area contributed by atoms with Crippen LogP contribution >= 0.6 is 34.5 Å². The molecule has 1 amide bonds. The highest BCUT2D eigenvalue weighted by Crippen LogP contribution is 2.42. The van der Waals surface area contributed by atoms with Crippen LogP contribution in [0.2, 0.25) is 10.0 Å². The highest BCUT2D eigenvalue weighted by atomic mass is 35.5. The Hall–Kier alpha value is -1.83. The maximum absolute atomic E-state index is 12.8. The van der Waals surface area contributed by atoms with Crippen molar-refractivity contribution in [2.24, 2.45) is 0 Å². The van der Waals surface area contributed by atoms with Crippen LogP contribution < -0.4 is 5.32 Å². The molecule has 1 unspecified atom stereocenters. The van der Waals surface area contributed by atoms with Gasteiger partial charge in [0.1, 0.15) is 5.00 Å². The smallest absolute Gasteiger partial charge is 0.291 e. The molecule has 1 saturated heterocycles. The minimum Gasteiger partial charge on any atom is -0.459 e. The van der Waals surface area contributed by atoms with Crippen LogP contribution in [0.15, 0.2) is 47.1 Å². The van der Waals surface area contributed by atoms with E-state index in [4.69, 9.17) is 27.6 Å². The van der Waals surface area contributed by atoms with Gasteiger partial charge in [0, 0.05) is 46.7 Å². The van der Waals surface area contributed by atoms with Gasteiger partial charge in [0.05, 0.1) is 12.3 Å². The number of halogens is 2. The average Bonchev–Trinajstić information content (AvgIpc) is 3.46. The van der Waals surface area contributed by atoms with E-state index in [2.05, 4.69) is 35.0 Å². The van der Waals surface area contributed by atoms with Gasteiger partial charge in [0.15, 0.2) is 5.76 Å². The molecule has 1 aliphatic heterocycles. The number of benzene rings is 1. The van der Waals surface area contributed by atoms with Crippen molar-refractivity contribution in [3.63, 3.8) is 0 Å². The van der Waals surface area contributed by atoms with Crippen LogP contribution in [0.25, 0.3) is 0 Å². The van der Waals surface area contributed by atoms with Gasteiger partial charge in [-0.05, 0) is 48.9 Å². The normalized spacial score (nSPS) is 16.2. The Morgan fingerprint density at radius 1 is 1.12 bits per heavy atom. The van der Waals surface area contributed by atoms with Gasteiger partial charge in [-0.3, -0.25) is 9.69 Å². The van der Waals surface area contributed by atoms with E-state index in [1.165, 1.54) is 11.1 Å². The number of likely N-dealkylation sites (N-methyl/N-ethyl adjacent to an activating group) is 1. The van der Waals surface area contributed by atoms with Crippen molar-refractivity contribution < 1.29 is 9.21 Å². The predicted octanol–water partition coefficient (Wildman–Crippen LogP) is 6.19. The number of furan rings is 1. The summed E-state index contributed by atoms with van der Waals surface area (Å²) in [6.07, 6.45) is 2.39. The van der Waals surface area contributed by atoms with Crippen LogP contribution in [0, 0.1) is 0 Å². The molecule has 0 aliphatic carbocycles. The number of nitrogens with one attached hydrogen (secondary N) is 1. The number of piperazine rings is 1. The zero-order valence-electron chi connectivity index (χ0n) is 18.2. The van der Waals surface area contributed by atoms with E-state index in [1.54, 1.807) is 29.5 Å². The van der Waals surface area contributed by atoms with Gasteiger partial charge in [-0.1, -0.05) is 43.1 Å². The summed E-state index contributed by atoms with van der Waals surface area (Å²) in [7, 11) is 0. The number of amides is 1. The maximum atomic E-state index is 12.8. The highest BCUT2D eigenvalue weighted by Gasteiger charge is 2.31. The van der Waals surface area contributed by atoms with Crippen LogP contribution in [-0.2, 0) is 6.42 Å². The lowest BCUT2D eigenvalue weighted by atomic mass is 9.97. The third-order valence-electron chi connectivity index (χ3n) is 5.90. The largest absolute Gasteiger partial charge is 0.459 e. The van der Waals surface area contributed by atoms with E-state index >= 15 is 0 Å². The molecule has 1 aliphatic rings. The van der Waals surface area contributed by atoms with Crippen molar-refractivity contribution in [1.29, 1.82) is 0 Å². The second-order valence-electron chi connectivity index (χ2n) is 7.82. The number of rotatable bonds is 7. The third kappa shape index (κ3) is 5.05. The summed E-state index contributed by atoms with van der Waals surface area (Å²) in [5, 5.41) is 5.16. The molecule has 3 heterocycles. The van der Waals surface area contributed by atoms with Gasteiger partial charge >= 0.3 is 0 Å². The summed E-state index contributed by atoms with van der Waals surface area (Å²) < 4.78 is 5.30. The van der Waals surface area contributed by atoms with Crippen LogP contribution in [0.3, 0.4) is 0 Å². The van der Waals surface area contributed by atoms with Gasteiger partial charge in [-0.15, -0.1) is 11.3 Å². The van der Waals surface area contributed by atoms with Crippen molar-refractivity contribution in [2.75, 3.05) is 38.0 Å². The molecule has 32 heavy (non-hydrogen) atoms. The number of carbonyl (C=O) groups excluding carboxylic acids is 1. The quantitative estimate of drug-likeness (QED) is 0.427. The van der Waals surface area contributed by atoms with E-state index in [0.717, 1.165) is 55.3 Å². The predicted molar refractivity (Wildman–Crippen MR) is 132 cm³/mol. The monoisotopic (exact) mass is 491 g/mol. The van der Waals surface area contributed by atoms with Gasteiger partial charge < -0.3 is 14.6 Å². The summed E-state index contributed by atoms with van der Waals surface area (Å²) in [5.41, 5.74) is 2.05. The molecule has 3 aromatic rings. The molecule has 2 aromatic heterocycles. The fourth-order valence-electron chi connectivity index (χ4n) is 4.13. The second kappa shape index (κ2) is 10.4. The molecular formula is C24H27Cl2N3O2S. The van der Waals surface area contributed by atoms with E-state index in [0.29, 0.717) is 15.8 Å². The first-order chi connectivity index (χ1) is 15.5. The van der Waals surface area contributed by atoms with E-state index in [1.807, 2.05) is 12.1 Å². The van der Waals surface area contributed by atoms with Gasteiger partial charge in [-0.2, -0.15) is 0 Å². The Labute approximate surface area is 202 Å². The lowest BCUT2D eigenvalue weighted by Crippen LogP contribution is -2.47. The van der Waals surface area contributed by atoms with E-state index in [-0.39, 0.29) is 11.9 Å². The molecule has 0 spiro atoms. The van der Waals surface area contributed by atoms with Crippen molar-refractivity contribution in [1.82, 2.24) is 9.80 Å². The Morgan fingerprint density at radius 2 is 1.91 bits per heavy atom. The number of hydrogen-bond donors (Lipinski definition) is 1. The Kier molecular flexibility index (Phi) is 7.59.